The van der Waals surface area contributed by atoms with E-state index in [9.17, 15) is 13.6 Å². The maximum absolute atomic E-state index is 12.3. The lowest BCUT2D eigenvalue weighted by molar-refractivity contribution is -0.117. The van der Waals surface area contributed by atoms with E-state index >= 15 is 0 Å². The van der Waals surface area contributed by atoms with Gasteiger partial charge in [0.25, 0.3) is 6.43 Å². The second-order valence-corrected chi connectivity index (χ2v) is 6.50. The molecule has 2 N–H and O–H groups in total. The zero-order chi connectivity index (χ0) is 17.5. The molecule has 1 aromatic rings. The van der Waals surface area contributed by atoms with Gasteiger partial charge in [-0.15, -0.1) is 0 Å². The molecule has 0 bridgehead atoms. The monoisotopic (exact) mass is 340 g/mol. The second kappa shape index (κ2) is 8.97. The molecular weight excluding hydrogens is 314 g/mol. The number of rotatable bonds is 7. The number of alkyl halides is 2. The van der Waals surface area contributed by atoms with Crippen molar-refractivity contribution >= 4 is 11.6 Å². The van der Waals surface area contributed by atoms with Crippen LogP contribution < -0.4 is 15.4 Å². The lowest BCUT2D eigenvalue weighted by Gasteiger charge is -2.27. The molecule has 0 aliphatic carbocycles. The largest absolute Gasteiger partial charge is 0.487 e. The van der Waals surface area contributed by atoms with Crippen LogP contribution in [-0.2, 0) is 4.79 Å². The van der Waals surface area contributed by atoms with Gasteiger partial charge >= 0.3 is 0 Å². The first kappa shape index (κ1) is 18.6. The Morgan fingerprint density at radius 3 is 2.75 bits per heavy atom. The van der Waals surface area contributed by atoms with Crippen molar-refractivity contribution in [2.45, 2.75) is 39.5 Å². The van der Waals surface area contributed by atoms with E-state index in [-0.39, 0.29) is 5.91 Å². The molecule has 6 heteroatoms. The van der Waals surface area contributed by atoms with Crippen LogP contribution in [0.2, 0.25) is 0 Å². The third-order valence-electron chi connectivity index (χ3n) is 4.53. The summed E-state index contributed by atoms with van der Waals surface area (Å²) >= 11 is 0. The Hall–Kier alpha value is -1.69. The van der Waals surface area contributed by atoms with Crippen LogP contribution in [0.5, 0.6) is 5.75 Å². The number of hydrogen-bond acceptors (Lipinski definition) is 3. The van der Waals surface area contributed by atoms with E-state index in [1.165, 1.54) is 0 Å². The molecule has 1 amide bonds. The number of benzene rings is 1. The highest BCUT2D eigenvalue weighted by molar-refractivity contribution is 5.91. The van der Waals surface area contributed by atoms with Crippen molar-refractivity contribution in [3.8, 4) is 5.75 Å². The number of piperidine rings is 1. The first-order chi connectivity index (χ1) is 11.5. The van der Waals surface area contributed by atoms with E-state index < -0.39 is 13.0 Å². The van der Waals surface area contributed by atoms with Crippen molar-refractivity contribution in [1.82, 2.24) is 5.32 Å². The highest BCUT2D eigenvalue weighted by atomic mass is 19.3. The van der Waals surface area contributed by atoms with Gasteiger partial charge in [-0.2, -0.15) is 0 Å². The molecule has 1 heterocycles. The summed E-state index contributed by atoms with van der Waals surface area (Å²) < 4.78 is 29.7. The Morgan fingerprint density at radius 1 is 1.38 bits per heavy atom. The number of nitrogens with one attached hydrogen (secondary N) is 2. The van der Waals surface area contributed by atoms with Crippen LogP contribution in [0, 0.1) is 18.8 Å². The highest BCUT2D eigenvalue weighted by Crippen LogP contribution is 2.26. The van der Waals surface area contributed by atoms with E-state index in [0.717, 1.165) is 31.5 Å². The van der Waals surface area contributed by atoms with E-state index in [1.807, 2.05) is 0 Å². The molecule has 1 unspecified atom stereocenters. The van der Waals surface area contributed by atoms with Crippen molar-refractivity contribution in [1.29, 1.82) is 0 Å². The molecule has 0 spiro atoms. The quantitative estimate of drug-likeness (QED) is 0.797. The Morgan fingerprint density at radius 2 is 2.08 bits per heavy atom. The van der Waals surface area contributed by atoms with E-state index in [2.05, 4.69) is 17.6 Å². The number of carbonyl (C=O) groups is 1. The predicted octanol–water partition coefficient (Wildman–Crippen LogP) is 3.60. The average molecular weight is 340 g/mol. The summed E-state index contributed by atoms with van der Waals surface area (Å²) in [5.41, 5.74) is 1.34. The Kier molecular flexibility index (Phi) is 6.97. The molecule has 2 rings (SSSR count). The summed E-state index contributed by atoms with van der Waals surface area (Å²) in [7, 11) is 0. The minimum Gasteiger partial charge on any atom is -0.487 e. The molecule has 24 heavy (non-hydrogen) atoms. The van der Waals surface area contributed by atoms with Crippen molar-refractivity contribution in [3.63, 3.8) is 0 Å². The van der Waals surface area contributed by atoms with Gasteiger partial charge in [-0.3, -0.25) is 4.79 Å². The minimum atomic E-state index is -2.52. The molecule has 1 aromatic carbocycles. The van der Waals surface area contributed by atoms with Crippen LogP contribution in [0.4, 0.5) is 14.5 Å². The Balaban J connectivity index is 1.89. The van der Waals surface area contributed by atoms with E-state index in [0.29, 0.717) is 29.7 Å². The van der Waals surface area contributed by atoms with Gasteiger partial charge in [0, 0.05) is 18.2 Å². The molecule has 1 aliphatic heterocycles. The van der Waals surface area contributed by atoms with Crippen molar-refractivity contribution in [2.75, 3.05) is 25.0 Å². The second-order valence-electron chi connectivity index (χ2n) is 6.50. The molecule has 0 saturated carbocycles. The summed E-state index contributed by atoms with van der Waals surface area (Å²) in [5, 5.41) is 6.17. The first-order valence-corrected chi connectivity index (χ1v) is 8.48. The number of hydrogen-bond donors (Lipinski definition) is 2. The van der Waals surface area contributed by atoms with Crippen LogP contribution in [0.1, 0.15) is 31.7 Å². The molecule has 1 fully saturated rings. The van der Waals surface area contributed by atoms with Gasteiger partial charge in [0.1, 0.15) is 12.4 Å². The summed E-state index contributed by atoms with van der Waals surface area (Å²) in [4.78, 5) is 12.2. The highest BCUT2D eigenvalue weighted by Gasteiger charge is 2.22. The van der Waals surface area contributed by atoms with Crippen LogP contribution in [0.25, 0.3) is 0 Å². The fourth-order valence-corrected chi connectivity index (χ4v) is 3.07. The topological polar surface area (TPSA) is 50.4 Å². The fourth-order valence-electron chi connectivity index (χ4n) is 3.07. The SMILES string of the molecule is Cc1ccc(NC(=O)CC(C)C2CCNCC2)cc1OCC(F)F. The van der Waals surface area contributed by atoms with Crippen LogP contribution in [0.15, 0.2) is 18.2 Å². The number of amides is 1. The normalized spacial score (nSPS) is 16.9. The summed E-state index contributed by atoms with van der Waals surface area (Å²) in [5.74, 6) is 1.22. The Labute approximate surface area is 142 Å². The van der Waals surface area contributed by atoms with Gasteiger partial charge < -0.3 is 15.4 Å². The standard InChI is InChI=1S/C18H26F2N2O2/c1-12-3-4-15(10-16(12)24-11-17(19)20)22-18(23)9-13(2)14-5-7-21-8-6-14/h3-4,10,13-14,17,21H,5-9,11H2,1-2H3,(H,22,23). The molecule has 4 nitrogen and oxygen atoms in total. The van der Waals surface area contributed by atoms with Crippen LogP contribution in [-0.4, -0.2) is 32.0 Å². The van der Waals surface area contributed by atoms with Crippen molar-refractivity contribution in [3.05, 3.63) is 23.8 Å². The van der Waals surface area contributed by atoms with Gasteiger partial charge in [0.2, 0.25) is 5.91 Å². The number of aryl methyl sites for hydroxylation is 1. The molecule has 1 atom stereocenters. The minimum absolute atomic E-state index is 0.0512. The van der Waals surface area contributed by atoms with Crippen molar-refractivity contribution in [2.24, 2.45) is 11.8 Å². The third kappa shape index (κ3) is 5.74. The number of carbonyl (C=O) groups excluding carboxylic acids is 1. The van der Waals surface area contributed by atoms with Gasteiger partial charge in [0.15, 0.2) is 0 Å². The van der Waals surface area contributed by atoms with Crippen LogP contribution >= 0.6 is 0 Å². The maximum Gasteiger partial charge on any atom is 0.272 e. The molecule has 134 valence electrons. The third-order valence-corrected chi connectivity index (χ3v) is 4.53. The summed E-state index contributed by atoms with van der Waals surface area (Å²) in [6, 6.07) is 5.12. The number of anilines is 1. The van der Waals surface area contributed by atoms with E-state index in [1.54, 1.807) is 25.1 Å². The number of ether oxygens (including phenoxy) is 1. The first-order valence-electron chi connectivity index (χ1n) is 8.48. The fraction of sp³-hybridized carbons (Fsp3) is 0.611. The smallest absolute Gasteiger partial charge is 0.272 e. The van der Waals surface area contributed by atoms with Crippen LogP contribution in [0.3, 0.4) is 0 Å². The lowest BCUT2D eigenvalue weighted by Crippen LogP contribution is -2.32. The van der Waals surface area contributed by atoms with Crippen molar-refractivity contribution < 1.29 is 18.3 Å². The molecular formula is C18H26F2N2O2. The molecule has 1 saturated heterocycles. The van der Waals surface area contributed by atoms with Gasteiger partial charge in [0.05, 0.1) is 0 Å². The number of halogens is 2. The summed E-state index contributed by atoms with van der Waals surface area (Å²) in [6.07, 6.45) is 0.148. The summed E-state index contributed by atoms with van der Waals surface area (Å²) in [6.45, 7) is 5.28. The zero-order valence-electron chi connectivity index (χ0n) is 14.3. The maximum atomic E-state index is 12.3. The van der Waals surface area contributed by atoms with Gasteiger partial charge in [-0.1, -0.05) is 13.0 Å². The zero-order valence-corrected chi connectivity index (χ0v) is 14.3. The van der Waals surface area contributed by atoms with E-state index in [4.69, 9.17) is 4.74 Å². The molecule has 1 aliphatic rings. The predicted molar refractivity (Wildman–Crippen MR) is 90.7 cm³/mol. The molecule has 0 aromatic heterocycles. The van der Waals surface area contributed by atoms with Gasteiger partial charge in [-0.05, 0) is 56.3 Å². The lowest BCUT2D eigenvalue weighted by atomic mass is 9.84. The van der Waals surface area contributed by atoms with Gasteiger partial charge in [-0.25, -0.2) is 8.78 Å². The molecule has 0 radical (unpaired) electrons. The Bertz CT molecular complexity index is 546. The average Bonchev–Trinajstić information content (AvgIpc) is 2.56.